The second-order valence-corrected chi connectivity index (χ2v) is 7.82. The Morgan fingerprint density at radius 1 is 1.14 bits per heavy atom. The zero-order valence-electron chi connectivity index (χ0n) is 16.3. The Bertz CT molecular complexity index is 718. The number of carbonyl (C=O) groups excluding carboxylic acids is 1. The molecule has 1 N–H and O–H groups in total. The van der Waals surface area contributed by atoms with Crippen molar-refractivity contribution in [3.05, 3.63) is 60.2 Å². The van der Waals surface area contributed by atoms with Gasteiger partial charge in [-0.15, -0.1) is 11.8 Å². The maximum absolute atomic E-state index is 12.4. The van der Waals surface area contributed by atoms with Gasteiger partial charge in [0.1, 0.15) is 5.75 Å². The average Bonchev–Trinajstić information content (AvgIpc) is 2.76. The molecule has 0 aromatic heterocycles. The van der Waals surface area contributed by atoms with Crippen LogP contribution in [-0.2, 0) is 9.53 Å². The first-order chi connectivity index (χ1) is 13.8. The quantitative estimate of drug-likeness (QED) is 0.654. The maximum atomic E-state index is 12.4. The van der Waals surface area contributed by atoms with E-state index in [2.05, 4.69) is 34.5 Å². The van der Waals surface area contributed by atoms with Crippen molar-refractivity contribution >= 4 is 17.7 Å². The summed E-state index contributed by atoms with van der Waals surface area (Å²) in [6.07, 6.45) is 0.512. The number of rotatable bonds is 9. The van der Waals surface area contributed by atoms with Crippen LogP contribution in [0.15, 0.2) is 59.5 Å². The molecular weight excluding hydrogens is 372 g/mol. The zero-order chi connectivity index (χ0) is 19.6. The second kappa shape index (κ2) is 11.1. The molecule has 5 nitrogen and oxygen atoms in total. The Kier molecular flexibility index (Phi) is 8.21. The monoisotopic (exact) mass is 400 g/mol. The van der Waals surface area contributed by atoms with Crippen molar-refractivity contribution in [2.45, 2.75) is 17.4 Å². The summed E-state index contributed by atoms with van der Waals surface area (Å²) in [5.74, 6) is 1.71. The largest absolute Gasteiger partial charge is 0.497 e. The molecule has 2 aromatic rings. The molecule has 1 heterocycles. The van der Waals surface area contributed by atoms with Crippen LogP contribution in [0.5, 0.6) is 5.75 Å². The third-order valence-electron chi connectivity index (χ3n) is 4.82. The number of carbonyl (C=O) groups is 1. The van der Waals surface area contributed by atoms with Crippen LogP contribution < -0.4 is 10.1 Å². The van der Waals surface area contributed by atoms with Gasteiger partial charge in [-0.3, -0.25) is 9.69 Å². The number of thioether (sulfide) groups is 1. The lowest BCUT2D eigenvalue weighted by atomic mass is 10.0. The Morgan fingerprint density at radius 3 is 2.54 bits per heavy atom. The number of amides is 1. The predicted octanol–water partition coefficient (Wildman–Crippen LogP) is 3.37. The van der Waals surface area contributed by atoms with Crippen LogP contribution in [0.1, 0.15) is 18.0 Å². The summed E-state index contributed by atoms with van der Waals surface area (Å²) in [6.45, 7) is 3.80. The van der Waals surface area contributed by atoms with Crippen molar-refractivity contribution in [1.82, 2.24) is 10.2 Å². The van der Waals surface area contributed by atoms with Crippen LogP contribution in [0.4, 0.5) is 0 Å². The summed E-state index contributed by atoms with van der Waals surface area (Å²) < 4.78 is 10.8. The Labute approximate surface area is 171 Å². The van der Waals surface area contributed by atoms with Crippen LogP contribution in [-0.4, -0.2) is 56.5 Å². The molecule has 2 aromatic carbocycles. The summed E-state index contributed by atoms with van der Waals surface area (Å²) in [6, 6.07) is 18.4. The standard InChI is InChI=1S/C22H28N2O3S/c1-26-19-9-7-18(8-10-19)21(24-12-14-27-15-13-24)17-23-22(25)11-16-28-20-5-3-2-4-6-20/h2-10,21H,11-17H2,1H3,(H,23,25). The molecule has 1 amide bonds. The number of nitrogens with zero attached hydrogens (tertiary/aromatic N) is 1. The van der Waals surface area contributed by atoms with E-state index in [9.17, 15) is 4.79 Å². The molecule has 3 rings (SSSR count). The third kappa shape index (κ3) is 6.26. The summed E-state index contributed by atoms with van der Waals surface area (Å²) in [4.78, 5) is 15.9. The topological polar surface area (TPSA) is 50.8 Å². The highest BCUT2D eigenvalue weighted by Crippen LogP contribution is 2.24. The molecule has 6 heteroatoms. The molecule has 0 saturated carbocycles. The van der Waals surface area contributed by atoms with E-state index in [0.717, 1.165) is 37.8 Å². The number of methoxy groups -OCH3 is 1. The third-order valence-corrected chi connectivity index (χ3v) is 5.83. The van der Waals surface area contributed by atoms with Crippen molar-refractivity contribution in [3.63, 3.8) is 0 Å². The van der Waals surface area contributed by atoms with Gasteiger partial charge in [-0.25, -0.2) is 0 Å². The first kappa shape index (κ1) is 20.7. The van der Waals surface area contributed by atoms with Crippen molar-refractivity contribution in [2.75, 3.05) is 45.7 Å². The van der Waals surface area contributed by atoms with E-state index in [4.69, 9.17) is 9.47 Å². The van der Waals surface area contributed by atoms with Gasteiger partial charge in [0, 0.05) is 36.7 Å². The number of hydrogen-bond acceptors (Lipinski definition) is 5. The Morgan fingerprint density at radius 2 is 1.86 bits per heavy atom. The van der Waals surface area contributed by atoms with E-state index in [-0.39, 0.29) is 11.9 Å². The predicted molar refractivity (Wildman–Crippen MR) is 113 cm³/mol. The summed E-state index contributed by atoms with van der Waals surface area (Å²) in [5.41, 5.74) is 1.18. The molecule has 150 valence electrons. The van der Waals surface area contributed by atoms with Crippen molar-refractivity contribution < 1.29 is 14.3 Å². The molecule has 1 aliphatic rings. The molecule has 0 bridgehead atoms. The van der Waals surface area contributed by atoms with E-state index in [0.29, 0.717) is 13.0 Å². The first-order valence-corrected chi connectivity index (χ1v) is 10.6. The van der Waals surface area contributed by atoms with Crippen molar-refractivity contribution in [1.29, 1.82) is 0 Å². The first-order valence-electron chi connectivity index (χ1n) is 9.66. The lowest BCUT2D eigenvalue weighted by Crippen LogP contribution is -2.43. The normalized spacial score (nSPS) is 15.8. The van der Waals surface area contributed by atoms with E-state index in [1.807, 2.05) is 30.3 Å². The smallest absolute Gasteiger partial charge is 0.220 e. The molecule has 1 unspecified atom stereocenters. The number of benzene rings is 2. The maximum Gasteiger partial charge on any atom is 0.220 e. The number of ether oxygens (including phenoxy) is 2. The number of nitrogens with one attached hydrogen (secondary N) is 1. The number of hydrogen-bond donors (Lipinski definition) is 1. The van der Waals surface area contributed by atoms with E-state index < -0.39 is 0 Å². The molecule has 1 saturated heterocycles. The van der Waals surface area contributed by atoms with Gasteiger partial charge in [-0.05, 0) is 29.8 Å². The van der Waals surface area contributed by atoms with Gasteiger partial charge >= 0.3 is 0 Å². The van der Waals surface area contributed by atoms with Crippen molar-refractivity contribution in [2.24, 2.45) is 0 Å². The van der Waals surface area contributed by atoms with Gasteiger partial charge in [0.25, 0.3) is 0 Å². The molecule has 0 spiro atoms. The minimum Gasteiger partial charge on any atom is -0.497 e. The minimum absolute atomic E-state index is 0.0928. The molecule has 1 atom stereocenters. The number of morpholine rings is 1. The highest BCUT2D eigenvalue weighted by molar-refractivity contribution is 7.99. The summed E-state index contributed by atoms with van der Waals surface area (Å²) in [5, 5.41) is 3.13. The average molecular weight is 401 g/mol. The lowest BCUT2D eigenvalue weighted by Gasteiger charge is -2.35. The molecule has 1 aliphatic heterocycles. The fourth-order valence-corrected chi connectivity index (χ4v) is 4.12. The fraction of sp³-hybridized carbons (Fsp3) is 0.409. The van der Waals surface area contributed by atoms with Crippen molar-refractivity contribution in [3.8, 4) is 5.75 Å². The molecular formula is C22H28N2O3S. The summed E-state index contributed by atoms with van der Waals surface area (Å²) >= 11 is 1.71. The van der Waals surface area contributed by atoms with E-state index in [1.165, 1.54) is 10.5 Å². The Balaban J connectivity index is 1.53. The SMILES string of the molecule is COc1ccc(C(CNC(=O)CCSc2ccccc2)N2CCOCC2)cc1. The minimum atomic E-state index is 0.0928. The lowest BCUT2D eigenvalue weighted by molar-refractivity contribution is -0.121. The van der Waals surface area contributed by atoms with Crippen LogP contribution in [0.3, 0.4) is 0 Å². The van der Waals surface area contributed by atoms with Crippen LogP contribution in [0.2, 0.25) is 0 Å². The van der Waals surface area contributed by atoms with Gasteiger partial charge in [0.15, 0.2) is 0 Å². The summed E-state index contributed by atoms with van der Waals surface area (Å²) in [7, 11) is 1.67. The van der Waals surface area contributed by atoms with Gasteiger partial charge in [-0.2, -0.15) is 0 Å². The van der Waals surface area contributed by atoms with Gasteiger partial charge in [0.05, 0.1) is 26.4 Å². The molecule has 28 heavy (non-hydrogen) atoms. The Hall–Kier alpha value is -2.02. The fourth-order valence-electron chi connectivity index (χ4n) is 3.25. The van der Waals surface area contributed by atoms with E-state index >= 15 is 0 Å². The zero-order valence-corrected chi connectivity index (χ0v) is 17.1. The molecule has 0 aliphatic carbocycles. The highest BCUT2D eigenvalue weighted by Gasteiger charge is 2.23. The second-order valence-electron chi connectivity index (χ2n) is 6.65. The van der Waals surface area contributed by atoms with Crippen LogP contribution >= 0.6 is 11.8 Å². The van der Waals surface area contributed by atoms with Crippen LogP contribution in [0.25, 0.3) is 0 Å². The van der Waals surface area contributed by atoms with E-state index in [1.54, 1.807) is 18.9 Å². The van der Waals surface area contributed by atoms with Gasteiger partial charge in [0.2, 0.25) is 5.91 Å². The molecule has 1 fully saturated rings. The highest BCUT2D eigenvalue weighted by atomic mass is 32.2. The van der Waals surface area contributed by atoms with Crippen LogP contribution in [0, 0.1) is 0 Å². The van der Waals surface area contributed by atoms with Gasteiger partial charge < -0.3 is 14.8 Å². The van der Waals surface area contributed by atoms with Gasteiger partial charge in [-0.1, -0.05) is 30.3 Å². The molecule has 0 radical (unpaired) electrons.